The van der Waals surface area contributed by atoms with Gasteiger partial charge in [-0.05, 0) is 42.2 Å². The third-order valence-electron chi connectivity index (χ3n) is 4.17. The summed E-state index contributed by atoms with van der Waals surface area (Å²) in [5.41, 5.74) is 1.54. The Bertz CT molecular complexity index is 713. The van der Waals surface area contributed by atoms with Gasteiger partial charge < -0.3 is 14.8 Å². The van der Waals surface area contributed by atoms with Gasteiger partial charge in [-0.15, -0.1) is 0 Å². The molecule has 144 valence electrons. The van der Waals surface area contributed by atoms with Crippen molar-refractivity contribution in [2.45, 2.75) is 32.6 Å². The molecule has 0 saturated heterocycles. The fourth-order valence-corrected chi connectivity index (χ4v) is 2.45. The molecule has 1 atom stereocenters. The van der Waals surface area contributed by atoms with E-state index in [0.29, 0.717) is 24.5 Å². The molecule has 0 fully saturated rings. The molecule has 1 N–H and O–H groups in total. The van der Waals surface area contributed by atoms with Crippen LogP contribution in [0, 0.1) is 0 Å². The lowest BCUT2D eigenvalue weighted by Crippen LogP contribution is -2.31. The Hall–Kier alpha value is -2.82. The summed E-state index contributed by atoms with van der Waals surface area (Å²) < 4.78 is 10.6. The van der Waals surface area contributed by atoms with Gasteiger partial charge in [0.05, 0.1) is 12.2 Å². The summed E-state index contributed by atoms with van der Waals surface area (Å²) in [5.74, 6) is 0.0609. The van der Waals surface area contributed by atoms with Crippen LogP contribution in [0.2, 0.25) is 0 Å². The molecule has 5 nitrogen and oxygen atoms in total. The van der Waals surface area contributed by atoms with Crippen LogP contribution in [-0.2, 0) is 9.53 Å². The zero-order valence-electron chi connectivity index (χ0n) is 15.9. The topological polar surface area (TPSA) is 64.6 Å². The molecule has 5 heteroatoms. The van der Waals surface area contributed by atoms with Crippen LogP contribution < -0.4 is 10.1 Å². The molecule has 0 aliphatic rings. The number of carbonyl (C=O) groups excluding carboxylic acids is 2. The molecule has 0 radical (unpaired) electrons. The van der Waals surface area contributed by atoms with Crippen LogP contribution >= 0.6 is 0 Å². The van der Waals surface area contributed by atoms with Crippen LogP contribution in [0.3, 0.4) is 0 Å². The molecule has 0 aromatic heterocycles. The minimum atomic E-state index is -0.527. The zero-order chi connectivity index (χ0) is 19.5. The molecule has 27 heavy (non-hydrogen) atoms. The van der Waals surface area contributed by atoms with Gasteiger partial charge in [0.25, 0.3) is 5.91 Å². The predicted octanol–water partition coefficient (Wildman–Crippen LogP) is 3.94. The Morgan fingerprint density at radius 3 is 2.41 bits per heavy atom. The third-order valence-corrected chi connectivity index (χ3v) is 4.17. The second kappa shape index (κ2) is 11.0. The molecule has 0 aliphatic heterocycles. The van der Waals surface area contributed by atoms with Crippen molar-refractivity contribution < 1.29 is 19.1 Å². The highest BCUT2D eigenvalue weighted by Crippen LogP contribution is 2.14. The molecule has 0 heterocycles. The second-order valence-corrected chi connectivity index (χ2v) is 6.42. The van der Waals surface area contributed by atoms with E-state index in [1.54, 1.807) is 24.3 Å². The summed E-state index contributed by atoms with van der Waals surface area (Å²) in [6.07, 6.45) is 2.05. The van der Waals surface area contributed by atoms with Gasteiger partial charge in [0.15, 0.2) is 6.61 Å². The van der Waals surface area contributed by atoms with Crippen molar-refractivity contribution in [2.75, 3.05) is 19.8 Å². The summed E-state index contributed by atoms with van der Waals surface area (Å²) in [6, 6.07) is 16.7. The lowest BCUT2D eigenvalue weighted by Gasteiger charge is -2.13. The van der Waals surface area contributed by atoms with E-state index in [9.17, 15) is 9.59 Å². The molecule has 0 unspecified atom stereocenters. The molecular formula is C22H27NO4. The predicted molar refractivity (Wildman–Crippen MR) is 105 cm³/mol. The standard InChI is InChI=1S/C22H27NO4/c1-3-4-14-26-20-12-10-19(11-13-20)22(25)27-16-21(24)23-15-17(2)18-8-6-5-7-9-18/h5-13,17H,3-4,14-16H2,1-2H3,(H,23,24)/t17-/m1/s1. The molecule has 2 aromatic carbocycles. The quantitative estimate of drug-likeness (QED) is 0.509. The van der Waals surface area contributed by atoms with Crippen LogP contribution in [0.5, 0.6) is 5.75 Å². The van der Waals surface area contributed by atoms with Crippen LogP contribution in [0.25, 0.3) is 0 Å². The first-order valence-corrected chi connectivity index (χ1v) is 9.31. The van der Waals surface area contributed by atoms with Gasteiger partial charge in [-0.3, -0.25) is 4.79 Å². The van der Waals surface area contributed by atoms with Crippen molar-refractivity contribution >= 4 is 11.9 Å². The van der Waals surface area contributed by atoms with E-state index >= 15 is 0 Å². The van der Waals surface area contributed by atoms with Crippen molar-refractivity contribution in [3.05, 3.63) is 65.7 Å². The summed E-state index contributed by atoms with van der Waals surface area (Å²) >= 11 is 0. The highest BCUT2D eigenvalue weighted by Gasteiger charge is 2.12. The second-order valence-electron chi connectivity index (χ2n) is 6.42. The molecule has 2 aromatic rings. The summed E-state index contributed by atoms with van der Waals surface area (Å²) in [5, 5.41) is 2.79. The molecule has 0 spiro atoms. The van der Waals surface area contributed by atoms with E-state index in [1.165, 1.54) is 0 Å². The lowest BCUT2D eigenvalue weighted by atomic mass is 10.0. The van der Waals surface area contributed by atoms with E-state index in [2.05, 4.69) is 12.2 Å². The number of amides is 1. The minimum absolute atomic E-state index is 0.186. The average molecular weight is 369 g/mol. The number of rotatable bonds is 10. The van der Waals surface area contributed by atoms with Crippen molar-refractivity contribution in [2.24, 2.45) is 0 Å². The Kier molecular flexibility index (Phi) is 8.36. The fourth-order valence-electron chi connectivity index (χ4n) is 2.45. The van der Waals surface area contributed by atoms with Gasteiger partial charge >= 0.3 is 5.97 Å². The van der Waals surface area contributed by atoms with Crippen molar-refractivity contribution in [1.29, 1.82) is 0 Å². The SMILES string of the molecule is CCCCOc1ccc(C(=O)OCC(=O)NC[C@@H](C)c2ccccc2)cc1. The smallest absolute Gasteiger partial charge is 0.338 e. The Balaban J connectivity index is 1.72. The van der Waals surface area contributed by atoms with Crippen LogP contribution in [0.4, 0.5) is 0 Å². The summed E-state index contributed by atoms with van der Waals surface area (Å²) in [4.78, 5) is 23.9. The molecule has 0 aliphatic carbocycles. The van der Waals surface area contributed by atoms with Gasteiger partial charge in [-0.1, -0.05) is 50.6 Å². The largest absolute Gasteiger partial charge is 0.494 e. The average Bonchev–Trinajstić information content (AvgIpc) is 2.71. The van der Waals surface area contributed by atoms with Crippen LogP contribution in [0.15, 0.2) is 54.6 Å². The monoisotopic (exact) mass is 369 g/mol. The maximum Gasteiger partial charge on any atom is 0.338 e. The van der Waals surface area contributed by atoms with E-state index in [0.717, 1.165) is 18.4 Å². The molecule has 0 saturated carbocycles. The number of hydrogen-bond acceptors (Lipinski definition) is 4. The summed E-state index contributed by atoms with van der Waals surface area (Å²) in [7, 11) is 0. The number of esters is 1. The number of hydrogen-bond donors (Lipinski definition) is 1. The van der Waals surface area contributed by atoms with Crippen LogP contribution in [-0.4, -0.2) is 31.6 Å². The molecule has 1 amide bonds. The van der Waals surface area contributed by atoms with Gasteiger partial charge in [-0.25, -0.2) is 4.79 Å². The highest BCUT2D eigenvalue weighted by molar-refractivity contribution is 5.91. The normalized spacial score (nSPS) is 11.5. The van der Waals surface area contributed by atoms with Gasteiger partial charge in [-0.2, -0.15) is 0 Å². The van der Waals surface area contributed by atoms with E-state index in [1.807, 2.05) is 37.3 Å². The number of benzene rings is 2. The maximum atomic E-state index is 12.0. The first-order chi connectivity index (χ1) is 13.1. The maximum absolute atomic E-state index is 12.0. The van der Waals surface area contributed by atoms with Gasteiger partial charge in [0.2, 0.25) is 0 Å². The lowest BCUT2D eigenvalue weighted by molar-refractivity contribution is -0.124. The van der Waals surface area contributed by atoms with Crippen molar-refractivity contribution in [3.63, 3.8) is 0 Å². The zero-order valence-corrected chi connectivity index (χ0v) is 15.9. The number of ether oxygens (including phenoxy) is 2. The van der Waals surface area contributed by atoms with Gasteiger partial charge in [0.1, 0.15) is 5.75 Å². The molecular weight excluding hydrogens is 342 g/mol. The molecule has 2 rings (SSSR count). The van der Waals surface area contributed by atoms with Crippen LogP contribution in [0.1, 0.15) is 48.5 Å². The Labute approximate surface area is 160 Å². The van der Waals surface area contributed by atoms with E-state index < -0.39 is 5.97 Å². The highest BCUT2D eigenvalue weighted by atomic mass is 16.5. The van der Waals surface area contributed by atoms with Crippen molar-refractivity contribution in [3.8, 4) is 5.75 Å². The number of carbonyl (C=O) groups is 2. The Morgan fingerprint density at radius 2 is 1.74 bits per heavy atom. The Morgan fingerprint density at radius 1 is 1.04 bits per heavy atom. The van der Waals surface area contributed by atoms with Crippen molar-refractivity contribution in [1.82, 2.24) is 5.32 Å². The fraction of sp³-hybridized carbons (Fsp3) is 0.364. The number of unbranched alkanes of at least 4 members (excludes halogenated alkanes) is 1. The van der Waals surface area contributed by atoms with E-state index in [-0.39, 0.29) is 18.4 Å². The van der Waals surface area contributed by atoms with E-state index in [4.69, 9.17) is 9.47 Å². The first-order valence-electron chi connectivity index (χ1n) is 9.31. The first kappa shape index (κ1) is 20.5. The number of nitrogens with one attached hydrogen (secondary N) is 1. The molecule has 0 bridgehead atoms. The third kappa shape index (κ3) is 7.13. The minimum Gasteiger partial charge on any atom is -0.494 e. The van der Waals surface area contributed by atoms with Gasteiger partial charge in [0, 0.05) is 6.54 Å². The summed E-state index contributed by atoms with van der Waals surface area (Å²) in [6.45, 7) is 4.98.